The highest BCUT2D eigenvalue weighted by molar-refractivity contribution is 5.24. The Morgan fingerprint density at radius 3 is 2.67 bits per heavy atom. The van der Waals surface area contributed by atoms with Crippen molar-refractivity contribution in [1.29, 1.82) is 0 Å². The highest BCUT2D eigenvalue weighted by Gasteiger charge is 2.00. The first-order valence-corrected chi connectivity index (χ1v) is 4.72. The quantitative estimate of drug-likeness (QED) is 0.667. The van der Waals surface area contributed by atoms with Gasteiger partial charge in [0.25, 0.3) is 0 Å². The lowest BCUT2D eigenvalue weighted by atomic mass is 10.1. The average Bonchev–Trinajstić information content (AvgIpc) is 2.08. The van der Waals surface area contributed by atoms with E-state index >= 15 is 0 Å². The SMILES string of the molecule is CCCc1ncc(C)cc1CC. The molecule has 1 aromatic rings. The van der Waals surface area contributed by atoms with Gasteiger partial charge >= 0.3 is 0 Å². The van der Waals surface area contributed by atoms with Crippen molar-refractivity contribution < 1.29 is 0 Å². The minimum Gasteiger partial charge on any atom is -0.261 e. The predicted octanol–water partition coefficient (Wildman–Crippen LogP) is 2.90. The minimum absolute atomic E-state index is 1.10. The van der Waals surface area contributed by atoms with Crippen molar-refractivity contribution in [3.05, 3.63) is 29.1 Å². The average molecular weight is 163 g/mol. The van der Waals surface area contributed by atoms with Crippen molar-refractivity contribution in [2.24, 2.45) is 0 Å². The molecule has 12 heavy (non-hydrogen) atoms. The molecular weight excluding hydrogens is 146 g/mol. The van der Waals surface area contributed by atoms with E-state index in [9.17, 15) is 0 Å². The van der Waals surface area contributed by atoms with Gasteiger partial charge in [-0.25, -0.2) is 0 Å². The maximum Gasteiger partial charge on any atom is 0.0435 e. The lowest BCUT2D eigenvalue weighted by Crippen LogP contribution is -1.96. The van der Waals surface area contributed by atoms with E-state index in [0.29, 0.717) is 0 Å². The second kappa shape index (κ2) is 4.24. The molecule has 0 amide bonds. The zero-order chi connectivity index (χ0) is 8.97. The van der Waals surface area contributed by atoms with Gasteiger partial charge in [0.05, 0.1) is 0 Å². The van der Waals surface area contributed by atoms with Crippen molar-refractivity contribution in [2.75, 3.05) is 0 Å². The van der Waals surface area contributed by atoms with Crippen LogP contribution in [0.4, 0.5) is 0 Å². The molecule has 0 aliphatic carbocycles. The van der Waals surface area contributed by atoms with Crippen LogP contribution in [0.15, 0.2) is 12.3 Å². The Balaban J connectivity index is 2.94. The lowest BCUT2D eigenvalue weighted by molar-refractivity contribution is 0.854. The maximum atomic E-state index is 4.44. The van der Waals surface area contributed by atoms with Crippen molar-refractivity contribution in [1.82, 2.24) is 4.98 Å². The number of aryl methyl sites for hydroxylation is 3. The molecule has 0 atom stereocenters. The largest absolute Gasteiger partial charge is 0.261 e. The van der Waals surface area contributed by atoms with Crippen LogP contribution in [0.25, 0.3) is 0 Å². The van der Waals surface area contributed by atoms with E-state index in [-0.39, 0.29) is 0 Å². The molecule has 0 fully saturated rings. The van der Waals surface area contributed by atoms with E-state index in [1.54, 1.807) is 0 Å². The van der Waals surface area contributed by atoms with Crippen LogP contribution in [-0.2, 0) is 12.8 Å². The highest BCUT2D eigenvalue weighted by Crippen LogP contribution is 2.10. The molecule has 0 spiro atoms. The molecule has 66 valence electrons. The molecule has 1 heterocycles. The van der Waals surface area contributed by atoms with Gasteiger partial charge in [-0.2, -0.15) is 0 Å². The summed E-state index contributed by atoms with van der Waals surface area (Å²) < 4.78 is 0. The van der Waals surface area contributed by atoms with Gasteiger partial charge in [0.1, 0.15) is 0 Å². The highest BCUT2D eigenvalue weighted by atomic mass is 14.7. The standard InChI is InChI=1S/C11H17N/c1-4-6-11-10(5-2)7-9(3)8-12-11/h7-8H,4-6H2,1-3H3. The normalized spacial score (nSPS) is 10.2. The Kier molecular flexibility index (Phi) is 3.27. The minimum atomic E-state index is 1.10. The van der Waals surface area contributed by atoms with Gasteiger partial charge in [0.15, 0.2) is 0 Å². The van der Waals surface area contributed by atoms with Crippen LogP contribution in [0.2, 0.25) is 0 Å². The van der Waals surface area contributed by atoms with Crippen molar-refractivity contribution in [2.45, 2.75) is 40.0 Å². The molecule has 0 bridgehead atoms. The monoisotopic (exact) mass is 163 g/mol. The van der Waals surface area contributed by atoms with E-state index in [2.05, 4.69) is 31.8 Å². The number of rotatable bonds is 3. The summed E-state index contributed by atoms with van der Waals surface area (Å²) in [6.45, 7) is 6.48. The first kappa shape index (κ1) is 9.24. The molecule has 0 aromatic carbocycles. The molecule has 1 aromatic heterocycles. The number of aromatic nitrogens is 1. The fourth-order valence-corrected chi connectivity index (χ4v) is 1.43. The first-order chi connectivity index (χ1) is 5.77. The first-order valence-electron chi connectivity index (χ1n) is 4.72. The summed E-state index contributed by atoms with van der Waals surface area (Å²) in [7, 11) is 0. The van der Waals surface area contributed by atoms with Crippen molar-refractivity contribution in [3.63, 3.8) is 0 Å². The molecule has 0 aliphatic rings. The van der Waals surface area contributed by atoms with Gasteiger partial charge < -0.3 is 0 Å². The van der Waals surface area contributed by atoms with Gasteiger partial charge in [-0.15, -0.1) is 0 Å². The number of pyridine rings is 1. The third-order valence-electron chi connectivity index (χ3n) is 2.06. The summed E-state index contributed by atoms with van der Waals surface area (Å²) in [5.41, 5.74) is 3.97. The second-order valence-electron chi connectivity index (χ2n) is 3.22. The second-order valence-corrected chi connectivity index (χ2v) is 3.22. The zero-order valence-electron chi connectivity index (χ0n) is 8.22. The smallest absolute Gasteiger partial charge is 0.0435 e. The van der Waals surface area contributed by atoms with Crippen molar-refractivity contribution >= 4 is 0 Å². The molecule has 0 unspecified atom stereocenters. The summed E-state index contributed by atoms with van der Waals surface area (Å²) in [6.07, 6.45) is 5.36. The zero-order valence-corrected chi connectivity index (χ0v) is 8.22. The molecule has 1 rings (SSSR count). The van der Waals surface area contributed by atoms with Gasteiger partial charge in [0.2, 0.25) is 0 Å². The molecule has 0 N–H and O–H groups in total. The summed E-state index contributed by atoms with van der Waals surface area (Å²) in [5.74, 6) is 0. The van der Waals surface area contributed by atoms with Crippen LogP contribution in [-0.4, -0.2) is 4.98 Å². The summed E-state index contributed by atoms with van der Waals surface area (Å²) >= 11 is 0. The van der Waals surface area contributed by atoms with Crippen LogP contribution >= 0.6 is 0 Å². The fraction of sp³-hybridized carbons (Fsp3) is 0.545. The van der Waals surface area contributed by atoms with Crippen LogP contribution in [0.1, 0.15) is 37.1 Å². The third kappa shape index (κ3) is 2.07. The predicted molar refractivity (Wildman–Crippen MR) is 52.3 cm³/mol. The van der Waals surface area contributed by atoms with Crippen LogP contribution < -0.4 is 0 Å². The fourth-order valence-electron chi connectivity index (χ4n) is 1.43. The Morgan fingerprint density at radius 1 is 1.33 bits per heavy atom. The Bertz CT molecular complexity index is 253. The summed E-state index contributed by atoms with van der Waals surface area (Å²) in [4.78, 5) is 4.44. The van der Waals surface area contributed by atoms with Crippen molar-refractivity contribution in [3.8, 4) is 0 Å². The van der Waals surface area contributed by atoms with Crippen LogP contribution in [0.3, 0.4) is 0 Å². The molecule has 0 aliphatic heterocycles. The van der Waals surface area contributed by atoms with E-state index in [1.165, 1.54) is 23.2 Å². The molecule has 1 heteroatoms. The Morgan fingerprint density at radius 2 is 2.08 bits per heavy atom. The number of hydrogen-bond donors (Lipinski definition) is 0. The van der Waals surface area contributed by atoms with E-state index in [0.717, 1.165) is 12.8 Å². The third-order valence-corrected chi connectivity index (χ3v) is 2.06. The van der Waals surface area contributed by atoms with Crippen LogP contribution in [0.5, 0.6) is 0 Å². The maximum absolute atomic E-state index is 4.44. The van der Waals surface area contributed by atoms with E-state index < -0.39 is 0 Å². The summed E-state index contributed by atoms with van der Waals surface area (Å²) in [6, 6.07) is 2.25. The summed E-state index contributed by atoms with van der Waals surface area (Å²) in [5, 5.41) is 0. The van der Waals surface area contributed by atoms with Gasteiger partial charge in [-0.3, -0.25) is 4.98 Å². The number of hydrogen-bond acceptors (Lipinski definition) is 1. The van der Waals surface area contributed by atoms with Gasteiger partial charge in [-0.05, 0) is 30.9 Å². The molecule has 0 saturated carbocycles. The van der Waals surface area contributed by atoms with Crippen LogP contribution in [0, 0.1) is 6.92 Å². The Hall–Kier alpha value is -0.850. The van der Waals surface area contributed by atoms with E-state index in [4.69, 9.17) is 0 Å². The lowest BCUT2D eigenvalue weighted by Gasteiger charge is -2.05. The Labute approximate surface area is 74.8 Å². The van der Waals surface area contributed by atoms with E-state index in [1.807, 2.05) is 6.20 Å². The molecular formula is C11H17N. The topological polar surface area (TPSA) is 12.9 Å². The molecule has 1 nitrogen and oxygen atoms in total. The molecule has 0 radical (unpaired) electrons. The van der Waals surface area contributed by atoms with Gasteiger partial charge in [-0.1, -0.05) is 26.3 Å². The number of nitrogens with zero attached hydrogens (tertiary/aromatic N) is 1. The van der Waals surface area contributed by atoms with Gasteiger partial charge in [0, 0.05) is 11.9 Å². The molecule has 0 saturated heterocycles.